The minimum Gasteiger partial charge on any atom is -0.192 e. The summed E-state index contributed by atoms with van der Waals surface area (Å²) in [6.45, 7) is 0. The molecule has 0 radical (unpaired) electrons. The second-order valence-corrected chi connectivity index (χ2v) is 3.32. The first-order chi connectivity index (χ1) is 6.11. The van der Waals surface area contributed by atoms with Crippen LogP contribution in [0.2, 0.25) is 15.1 Å². The van der Waals surface area contributed by atoms with E-state index in [2.05, 4.69) is 0 Å². The Kier molecular flexibility index (Phi) is 3.01. The molecule has 0 heterocycles. The van der Waals surface area contributed by atoms with Gasteiger partial charge in [-0.1, -0.05) is 34.8 Å². The van der Waals surface area contributed by atoms with Crippen LogP contribution in [0.3, 0.4) is 0 Å². The summed E-state index contributed by atoms with van der Waals surface area (Å²) in [6, 6.07) is 4.90. The van der Waals surface area contributed by atoms with Gasteiger partial charge >= 0.3 is 0 Å². The zero-order valence-electron chi connectivity index (χ0n) is 6.11. The Balaban J connectivity index is 3.66. The molecule has 0 aromatic heterocycles. The fourth-order valence-electron chi connectivity index (χ4n) is 0.810. The molecule has 2 nitrogen and oxygen atoms in total. The third-order valence-electron chi connectivity index (χ3n) is 1.40. The lowest BCUT2D eigenvalue weighted by Crippen LogP contribution is -1.87. The molecule has 1 aromatic carbocycles. The molecule has 0 atom stereocenters. The van der Waals surface area contributed by atoms with Crippen molar-refractivity contribution in [2.75, 3.05) is 0 Å². The first-order valence-electron chi connectivity index (χ1n) is 3.09. The minimum atomic E-state index is 0.0154. The molecule has 64 valence electrons. The van der Waals surface area contributed by atoms with Crippen molar-refractivity contribution in [1.82, 2.24) is 0 Å². The van der Waals surface area contributed by atoms with E-state index in [1.54, 1.807) is 12.1 Å². The molecule has 0 unspecified atom stereocenters. The van der Waals surface area contributed by atoms with Crippen LogP contribution in [0.1, 0.15) is 11.1 Å². The van der Waals surface area contributed by atoms with Gasteiger partial charge in [0, 0.05) is 0 Å². The van der Waals surface area contributed by atoms with E-state index < -0.39 is 0 Å². The molecule has 5 heteroatoms. The number of nitrogens with zero attached hydrogens (tertiary/aromatic N) is 2. The summed E-state index contributed by atoms with van der Waals surface area (Å²) in [6.07, 6.45) is 0. The van der Waals surface area contributed by atoms with Gasteiger partial charge in [0.25, 0.3) is 0 Å². The maximum Gasteiger partial charge on any atom is 0.102 e. The SMILES string of the molecule is N#Cc1c(Cl)cc(Cl)c(Cl)c1C#N. The smallest absolute Gasteiger partial charge is 0.102 e. The van der Waals surface area contributed by atoms with Crippen molar-refractivity contribution in [3.63, 3.8) is 0 Å². The van der Waals surface area contributed by atoms with Crippen LogP contribution in [0, 0.1) is 22.7 Å². The van der Waals surface area contributed by atoms with Crippen LogP contribution in [0.4, 0.5) is 0 Å². The Labute approximate surface area is 89.9 Å². The quantitative estimate of drug-likeness (QED) is 0.643. The second kappa shape index (κ2) is 3.85. The van der Waals surface area contributed by atoms with Gasteiger partial charge in [0.2, 0.25) is 0 Å². The fourth-order valence-corrected chi connectivity index (χ4v) is 1.51. The van der Waals surface area contributed by atoms with Gasteiger partial charge in [-0.3, -0.25) is 0 Å². The molecule has 0 saturated carbocycles. The van der Waals surface area contributed by atoms with Gasteiger partial charge in [-0.2, -0.15) is 10.5 Å². The molecule has 0 saturated heterocycles. The van der Waals surface area contributed by atoms with Crippen LogP contribution in [-0.4, -0.2) is 0 Å². The summed E-state index contributed by atoms with van der Waals surface area (Å²) in [5.74, 6) is 0. The van der Waals surface area contributed by atoms with Crippen molar-refractivity contribution < 1.29 is 0 Å². The molecule has 0 fully saturated rings. The van der Waals surface area contributed by atoms with Gasteiger partial charge in [-0.25, -0.2) is 0 Å². The van der Waals surface area contributed by atoms with Crippen molar-refractivity contribution in [1.29, 1.82) is 10.5 Å². The van der Waals surface area contributed by atoms with Crippen LogP contribution < -0.4 is 0 Å². The van der Waals surface area contributed by atoms with E-state index in [1.807, 2.05) is 0 Å². The van der Waals surface area contributed by atoms with Crippen molar-refractivity contribution in [3.05, 3.63) is 32.3 Å². The largest absolute Gasteiger partial charge is 0.192 e. The van der Waals surface area contributed by atoms with Gasteiger partial charge in [0.05, 0.1) is 26.2 Å². The summed E-state index contributed by atoms with van der Waals surface area (Å²) >= 11 is 17.0. The van der Waals surface area contributed by atoms with Gasteiger partial charge in [-0.05, 0) is 6.07 Å². The van der Waals surface area contributed by atoms with E-state index in [9.17, 15) is 0 Å². The molecule has 0 amide bonds. The monoisotopic (exact) mass is 230 g/mol. The van der Waals surface area contributed by atoms with Crippen molar-refractivity contribution >= 4 is 34.8 Å². The van der Waals surface area contributed by atoms with Gasteiger partial charge < -0.3 is 0 Å². The number of hydrogen-bond acceptors (Lipinski definition) is 2. The Morgan fingerprint density at radius 1 is 0.923 bits per heavy atom. The Hall–Kier alpha value is -0.930. The summed E-state index contributed by atoms with van der Waals surface area (Å²) in [7, 11) is 0. The second-order valence-electron chi connectivity index (χ2n) is 2.13. The van der Waals surface area contributed by atoms with E-state index in [1.165, 1.54) is 6.07 Å². The van der Waals surface area contributed by atoms with E-state index in [4.69, 9.17) is 45.3 Å². The summed E-state index contributed by atoms with van der Waals surface area (Å²) in [5, 5.41) is 17.7. The number of benzene rings is 1. The Morgan fingerprint density at radius 2 is 1.46 bits per heavy atom. The fraction of sp³-hybridized carbons (Fsp3) is 0. The topological polar surface area (TPSA) is 47.6 Å². The van der Waals surface area contributed by atoms with E-state index in [0.717, 1.165) is 0 Å². The van der Waals surface area contributed by atoms with Crippen molar-refractivity contribution in [3.8, 4) is 12.1 Å². The molecule has 0 aliphatic rings. The lowest BCUT2D eigenvalue weighted by atomic mass is 10.1. The molecule has 0 spiro atoms. The van der Waals surface area contributed by atoms with Gasteiger partial charge in [-0.15, -0.1) is 0 Å². The highest BCUT2D eigenvalue weighted by Crippen LogP contribution is 2.32. The standard InChI is InChI=1S/C8HCl3N2/c9-6-1-7(10)8(11)5(3-13)4(6)2-12/h1H. The minimum absolute atomic E-state index is 0.0154. The highest BCUT2D eigenvalue weighted by molar-refractivity contribution is 6.44. The Morgan fingerprint density at radius 3 is 1.92 bits per heavy atom. The third-order valence-corrected chi connectivity index (χ3v) is 2.48. The lowest BCUT2D eigenvalue weighted by Gasteiger charge is -2.02. The van der Waals surface area contributed by atoms with Crippen molar-refractivity contribution in [2.24, 2.45) is 0 Å². The van der Waals surface area contributed by atoms with Gasteiger partial charge in [0.1, 0.15) is 12.1 Å². The van der Waals surface area contributed by atoms with Crippen LogP contribution in [0.15, 0.2) is 6.07 Å². The van der Waals surface area contributed by atoms with Crippen LogP contribution >= 0.6 is 34.8 Å². The first kappa shape index (κ1) is 10.2. The first-order valence-corrected chi connectivity index (χ1v) is 4.23. The Bertz CT molecular complexity index is 440. The summed E-state index contributed by atoms with van der Waals surface area (Å²) in [4.78, 5) is 0. The zero-order chi connectivity index (χ0) is 10.0. The van der Waals surface area contributed by atoms with E-state index in [-0.39, 0.29) is 26.2 Å². The summed E-state index contributed by atoms with van der Waals surface area (Å²) < 4.78 is 0. The number of nitriles is 2. The highest BCUT2D eigenvalue weighted by Gasteiger charge is 2.14. The highest BCUT2D eigenvalue weighted by atomic mass is 35.5. The molecule has 1 aromatic rings. The summed E-state index contributed by atoms with van der Waals surface area (Å²) in [5.41, 5.74) is 0.0697. The number of rotatable bonds is 0. The third kappa shape index (κ3) is 1.71. The molecule has 0 aliphatic heterocycles. The van der Waals surface area contributed by atoms with Crippen molar-refractivity contribution in [2.45, 2.75) is 0 Å². The normalized spacial score (nSPS) is 9.00. The van der Waals surface area contributed by atoms with Gasteiger partial charge in [0.15, 0.2) is 0 Å². The maximum atomic E-state index is 8.68. The zero-order valence-corrected chi connectivity index (χ0v) is 8.37. The molecular weight excluding hydrogens is 230 g/mol. The molecule has 1 rings (SSSR count). The molecule has 0 aliphatic carbocycles. The van der Waals surface area contributed by atoms with E-state index >= 15 is 0 Å². The molecular formula is C8HCl3N2. The van der Waals surface area contributed by atoms with Crippen LogP contribution in [-0.2, 0) is 0 Å². The molecule has 0 bridgehead atoms. The average Bonchev–Trinajstić information content (AvgIpc) is 2.10. The predicted octanol–water partition coefficient (Wildman–Crippen LogP) is 3.39. The lowest BCUT2D eigenvalue weighted by molar-refractivity contribution is 1.43. The molecule has 13 heavy (non-hydrogen) atoms. The van der Waals surface area contributed by atoms with Crippen LogP contribution in [0.5, 0.6) is 0 Å². The number of halogens is 3. The molecule has 0 N–H and O–H groups in total. The van der Waals surface area contributed by atoms with E-state index in [0.29, 0.717) is 0 Å². The number of hydrogen-bond donors (Lipinski definition) is 0. The van der Waals surface area contributed by atoms with Crippen LogP contribution in [0.25, 0.3) is 0 Å². The maximum absolute atomic E-state index is 8.68. The average molecular weight is 231 g/mol. The predicted molar refractivity (Wildman–Crippen MR) is 50.9 cm³/mol.